The topological polar surface area (TPSA) is 35.5 Å². The zero-order chi connectivity index (χ0) is 15.2. The zero-order valence-corrected chi connectivity index (χ0v) is 12.8. The number of esters is 1. The van der Waals surface area contributed by atoms with Crippen molar-refractivity contribution in [2.24, 2.45) is 0 Å². The van der Waals surface area contributed by atoms with Gasteiger partial charge in [0.1, 0.15) is 12.4 Å². The van der Waals surface area contributed by atoms with Gasteiger partial charge < -0.3 is 9.47 Å². The summed E-state index contributed by atoms with van der Waals surface area (Å²) >= 11 is 5.79. The molecule has 0 saturated carbocycles. The van der Waals surface area contributed by atoms with Crippen LogP contribution in [-0.2, 0) is 16.1 Å². The van der Waals surface area contributed by atoms with Crippen molar-refractivity contribution in [1.29, 1.82) is 0 Å². The van der Waals surface area contributed by atoms with Crippen LogP contribution in [0.1, 0.15) is 16.7 Å². The van der Waals surface area contributed by atoms with Crippen molar-refractivity contribution < 1.29 is 14.3 Å². The second-order valence-corrected chi connectivity index (χ2v) is 5.34. The number of ether oxygens (including phenoxy) is 2. The molecule has 0 aliphatic carbocycles. The molecule has 0 amide bonds. The molecule has 0 spiro atoms. The molecular formula is C17H17ClO3. The summed E-state index contributed by atoms with van der Waals surface area (Å²) in [6.45, 7) is 4.08. The molecule has 0 aliphatic heterocycles. The SMILES string of the molecule is Cc1cc(C)cc(OCC(=O)OCc2ccc(Cl)cc2)c1. The minimum Gasteiger partial charge on any atom is -0.482 e. The zero-order valence-electron chi connectivity index (χ0n) is 12.1. The van der Waals surface area contributed by atoms with Gasteiger partial charge in [-0.05, 0) is 54.8 Å². The minimum atomic E-state index is -0.399. The van der Waals surface area contributed by atoms with Crippen molar-refractivity contribution in [2.45, 2.75) is 20.5 Å². The summed E-state index contributed by atoms with van der Waals surface area (Å²) in [7, 11) is 0. The average molecular weight is 305 g/mol. The maximum Gasteiger partial charge on any atom is 0.344 e. The Kier molecular flexibility index (Phi) is 5.23. The van der Waals surface area contributed by atoms with Crippen LogP contribution in [0.25, 0.3) is 0 Å². The summed E-state index contributed by atoms with van der Waals surface area (Å²) in [6.07, 6.45) is 0. The number of carbonyl (C=O) groups excluding carboxylic acids is 1. The van der Waals surface area contributed by atoms with Crippen molar-refractivity contribution >= 4 is 17.6 Å². The molecule has 2 aromatic rings. The lowest BCUT2D eigenvalue weighted by Gasteiger charge is -2.08. The maximum atomic E-state index is 11.7. The molecule has 0 saturated heterocycles. The van der Waals surface area contributed by atoms with E-state index in [0.717, 1.165) is 16.7 Å². The Morgan fingerprint density at radius 2 is 1.67 bits per heavy atom. The first-order valence-electron chi connectivity index (χ1n) is 6.64. The van der Waals surface area contributed by atoms with E-state index in [0.29, 0.717) is 10.8 Å². The first-order valence-corrected chi connectivity index (χ1v) is 7.02. The van der Waals surface area contributed by atoms with Crippen LogP contribution >= 0.6 is 11.6 Å². The summed E-state index contributed by atoms with van der Waals surface area (Å²) in [6, 6.07) is 13.0. The highest BCUT2D eigenvalue weighted by molar-refractivity contribution is 6.30. The lowest BCUT2D eigenvalue weighted by Crippen LogP contribution is -2.14. The lowest BCUT2D eigenvalue weighted by molar-refractivity contribution is -0.147. The van der Waals surface area contributed by atoms with Gasteiger partial charge in [0.2, 0.25) is 0 Å². The Balaban J connectivity index is 1.80. The van der Waals surface area contributed by atoms with E-state index >= 15 is 0 Å². The van der Waals surface area contributed by atoms with E-state index in [1.807, 2.05) is 44.2 Å². The number of benzene rings is 2. The van der Waals surface area contributed by atoms with Crippen LogP contribution < -0.4 is 4.74 Å². The third-order valence-corrected chi connectivity index (χ3v) is 3.12. The van der Waals surface area contributed by atoms with Gasteiger partial charge in [-0.15, -0.1) is 0 Å². The Morgan fingerprint density at radius 1 is 1.05 bits per heavy atom. The standard InChI is InChI=1S/C17H17ClO3/c1-12-7-13(2)9-16(8-12)20-11-17(19)21-10-14-3-5-15(18)6-4-14/h3-9H,10-11H2,1-2H3. The van der Waals surface area contributed by atoms with Crippen molar-refractivity contribution in [2.75, 3.05) is 6.61 Å². The molecule has 4 heteroatoms. The first-order chi connectivity index (χ1) is 10.0. The first kappa shape index (κ1) is 15.4. The van der Waals surface area contributed by atoms with Crippen LogP contribution in [0.5, 0.6) is 5.75 Å². The summed E-state index contributed by atoms with van der Waals surface area (Å²) in [4.78, 5) is 11.7. The van der Waals surface area contributed by atoms with Crippen LogP contribution in [0.4, 0.5) is 0 Å². The maximum absolute atomic E-state index is 11.7. The fraction of sp³-hybridized carbons (Fsp3) is 0.235. The second kappa shape index (κ2) is 7.14. The van der Waals surface area contributed by atoms with Gasteiger partial charge in [0.15, 0.2) is 6.61 Å². The molecule has 110 valence electrons. The predicted molar refractivity (Wildman–Crippen MR) is 82.7 cm³/mol. The molecule has 0 radical (unpaired) electrons. The van der Waals surface area contributed by atoms with Crippen LogP contribution in [-0.4, -0.2) is 12.6 Å². The van der Waals surface area contributed by atoms with Crippen LogP contribution in [0.15, 0.2) is 42.5 Å². The van der Waals surface area contributed by atoms with E-state index in [9.17, 15) is 4.79 Å². The summed E-state index contributed by atoms with van der Waals surface area (Å²) in [5, 5.41) is 0.656. The van der Waals surface area contributed by atoms with Crippen molar-refractivity contribution in [3.63, 3.8) is 0 Å². The minimum absolute atomic E-state index is 0.101. The Morgan fingerprint density at radius 3 is 2.29 bits per heavy atom. The third kappa shape index (κ3) is 5.12. The molecule has 0 N–H and O–H groups in total. The highest BCUT2D eigenvalue weighted by atomic mass is 35.5. The van der Waals surface area contributed by atoms with Gasteiger partial charge in [0.05, 0.1) is 0 Å². The molecule has 0 heterocycles. The largest absolute Gasteiger partial charge is 0.482 e. The van der Waals surface area contributed by atoms with Crippen LogP contribution in [0, 0.1) is 13.8 Å². The second-order valence-electron chi connectivity index (χ2n) is 4.90. The number of hydrogen-bond donors (Lipinski definition) is 0. The summed E-state index contributed by atoms with van der Waals surface area (Å²) in [5.74, 6) is 0.278. The van der Waals surface area contributed by atoms with E-state index in [2.05, 4.69) is 0 Å². The highest BCUT2D eigenvalue weighted by Gasteiger charge is 2.05. The molecule has 3 nitrogen and oxygen atoms in total. The molecule has 0 aromatic heterocycles. The van der Waals surface area contributed by atoms with Gasteiger partial charge >= 0.3 is 5.97 Å². The van der Waals surface area contributed by atoms with E-state index in [1.54, 1.807) is 12.1 Å². The monoisotopic (exact) mass is 304 g/mol. The normalized spacial score (nSPS) is 10.2. The molecular weight excluding hydrogens is 288 g/mol. The Bertz CT molecular complexity index is 600. The van der Waals surface area contributed by atoms with Gasteiger partial charge in [-0.25, -0.2) is 4.79 Å². The number of hydrogen-bond acceptors (Lipinski definition) is 3. The molecule has 21 heavy (non-hydrogen) atoms. The van der Waals surface area contributed by atoms with Gasteiger partial charge in [0, 0.05) is 5.02 Å². The van der Waals surface area contributed by atoms with Crippen molar-refractivity contribution in [1.82, 2.24) is 0 Å². The molecule has 0 atom stereocenters. The molecule has 0 fully saturated rings. The number of rotatable bonds is 5. The van der Waals surface area contributed by atoms with Gasteiger partial charge in [-0.3, -0.25) is 0 Å². The molecule has 2 aromatic carbocycles. The number of carbonyl (C=O) groups is 1. The smallest absolute Gasteiger partial charge is 0.344 e. The quantitative estimate of drug-likeness (QED) is 0.781. The van der Waals surface area contributed by atoms with E-state index in [-0.39, 0.29) is 13.2 Å². The van der Waals surface area contributed by atoms with Crippen LogP contribution in [0.2, 0.25) is 5.02 Å². The van der Waals surface area contributed by atoms with Crippen molar-refractivity contribution in [3.05, 3.63) is 64.2 Å². The van der Waals surface area contributed by atoms with Gasteiger partial charge in [0.25, 0.3) is 0 Å². The molecule has 0 unspecified atom stereocenters. The van der Waals surface area contributed by atoms with E-state index in [4.69, 9.17) is 21.1 Å². The Hall–Kier alpha value is -2.00. The average Bonchev–Trinajstić information content (AvgIpc) is 2.43. The van der Waals surface area contributed by atoms with E-state index in [1.165, 1.54) is 0 Å². The van der Waals surface area contributed by atoms with Gasteiger partial charge in [-0.2, -0.15) is 0 Å². The lowest BCUT2D eigenvalue weighted by atomic mass is 10.1. The Labute approximate surface area is 129 Å². The van der Waals surface area contributed by atoms with E-state index < -0.39 is 5.97 Å². The molecule has 2 rings (SSSR count). The molecule has 0 aliphatic rings. The summed E-state index contributed by atoms with van der Waals surface area (Å²) in [5.41, 5.74) is 3.08. The predicted octanol–water partition coefficient (Wildman–Crippen LogP) is 4.08. The number of aryl methyl sites for hydroxylation is 2. The molecule has 0 bridgehead atoms. The third-order valence-electron chi connectivity index (χ3n) is 2.86. The fourth-order valence-corrected chi connectivity index (χ4v) is 2.07. The fourth-order valence-electron chi connectivity index (χ4n) is 1.94. The highest BCUT2D eigenvalue weighted by Crippen LogP contribution is 2.16. The van der Waals surface area contributed by atoms with Crippen LogP contribution in [0.3, 0.4) is 0 Å². The van der Waals surface area contributed by atoms with Gasteiger partial charge in [-0.1, -0.05) is 29.8 Å². The summed E-state index contributed by atoms with van der Waals surface area (Å²) < 4.78 is 10.6. The van der Waals surface area contributed by atoms with Crippen molar-refractivity contribution in [3.8, 4) is 5.75 Å². The number of halogens is 1.